The Morgan fingerprint density at radius 2 is 2.19 bits per heavy atom. The van der Waals surface area contributed by atoms with Gasteiger partial charge in [-0.15, -0.1) is 0 Å². The molecule has 1 fully saturated rings. The summed E-state index contributed by atoms with van der Waals surface area (Å²) >= 11 is 3.39. The zero-order valence-electron chi connectivity index (χ0n) is 8.61. The molecule has 0 aliphatic carbocycles. The zero-order chi connectivity index (χ0) is 11.8. The first-order chi connectivity index (χ1) is 7.46. The van der Waals surface area contributed by atoms with Gasteiger partial charge in [0, 0.05) is 21.9 Å². The molecule has 1 aliphatic heterocycles. The van der Waals surface area contributed by atoms with Crippen molar-refractivity contribution in [1.82, 2.24) is 0 Å². The van der Waals surface area contributed by atoms with Gasteiger partial charge in [0.1, 0.15) is 0 Å². The molecule has 3 N–H and O–H groups in total. The Bertz CT molecular complexity index is 502. The van der Waals surface area contributed by atoms with E-state index in [-0.39, 0.29) is 17.5 Å². The fourth-order valence-electron chi connectivity index (χ4n) is 1.78. The van der Waals surface area contributed by atoms with Crippen LogP contribution in [0.4, 0.5) is 11.4 Å². The summed E-state index contributed by atoms with van der Waals surface area (Å²) < 4.78 is 23.5. The highest BCUT2D eigenvalue weighted by atomic mass is 79.9. The Morgan fingerprint density at radius 3 is 2.75 bits per heavy atom. The molecule has 1 aliphatic rings. The number of rotatable bonds is 2. The molecular weight excluding hydrogens is 292 g/mol. The molecule has 6 heteroatoms. The molecule has 4 nitrogen and oxygen atoms in total. The molecule has 1 unspecified atom stereocenters. The van der Waals surface area contributed by atoms with Crippen molar-refractivity contribution in [3.05, 3.63) is 22.7 Å². The van der Waals surface area contributed by atoms with Gasteiger partial charge in [0.2, 0.25) is 0 Å². The van der Waals surface area contributed by atoms with Crippen molar-refractivity contribution in [3.63, 3.8) is 0 Å². The van der Waals surface area contributed by atoms with E-state index in [1.54, 1.807) is 12.1 Å². The van der Waals surface area contributed by atoms with Crippen LogP contribution in [0.1, 0.15) is 6.42 Å². The molecule has 1 heterocycles. The zero-order valence-corrected chi connectivity index (χ0v) is 11.0. The average molecular weight is 305 g/mol. The molecule has 0 radical (unpaired) electrons. The normalized spacial score (nSPS) is 23.2. The molecule has 0 aromatic heterocycles. The summed E-state index contributed by atoms with van der Waals surface area (Å²) in [7, 11) is -2.84. The first-order valence-electron chi connectivity index (χ1n) is 4.98. The summed E-state index contributed by atoms with van der Waals surface area (Å²) in [6.07, 6.45) is 0.666. The smallest absolute Gasteiger partial charge is 0.152 e. The molecule has 1 atom stereocenters. The van der Waals surface area contributed by atoms with Crippen molar-refractivity contribution in [3.8, 4) is 0 Å². The Morgan fingerprint density at radius 1 is 1.44 bits per heavy atom. The van der Waals surface area contributed by atoms with Crippen LogP contribution in [0.25, 0.3) is 0 Å². The molecule has 0 amide bonds. The number of sulfone groups is 1. The maximum atomic E-state index is 11.3. The Kier molecular flexibility index (Phi) is 3.12. The van der Waals surface area contributed by atoms with Gasteiger partial charge in [-0.1, -0.05) is 0 Å². The van der Waals surface area contributed by atoms with Gasteiger partial charge in [-0.05, 0) is 40.5 Å². The second kappa shape index (κ2) is 4.25. The van der Waals surface area contributed by atoms with Gasteiger partial charge < -0.3 is 11.1 Å². The number of hydrogen-bond donors (Lipinski definition) is 2. The number of anilines is 2. The second-order valence-corrected chi connectivity index (χ2v) is 7.07. The van der Waals surface area contributed by atoms with E-state index in [1.165, 1.54) is 0 Å². The van der Waals surface area contributed by atoms with E-state index >= 15 is 0 Å². The lowest BCUT2D eigenvalue weighted by Gasteiger charge is -2.14. The molecule has 1 aromatic rings. The van der Waals surface area contributed by atoms with Crippen molar-refractivity contribution >= 4 is 37.1 Å². The van der Waals surface area contributed by atoms with E-state index in [1.807, 2.05) is 6.07 Å². The summed E-state index contributed by atoms with van der Waals surface area (Å²) in [5, 5.41) is 3.21. The SMILES string of the molecule is Nc1ccc(NC2CCS(=O)(=O)C2)c(Br)c1. The molecule has 0 saturated carbocycles. The number of halogens is 1. The number of nitrogen functional groups attached to an aromatic ring is 1. The summed E-state index contributed by atoms with van der Waals surface area (Å²) in [6.45, 7) is 0. The van der Waals surface area contributed by atoms with E-state index in [4.69, 9.17) is 5.73 Å². The standard InChI is InChI=1S/C10H13BrN2O2S/c11-9-5-7(12)1-2-10(9)13-8-3-4-16(14,15)6-8/h1-2,5,8,13H,3-4,6,12H2. The van der Waals surface area contributed by atoms with Crippen LogP contribution in [0.2, 0.25) is 0 Å². The first-order valence-corrected chi connectivity index (χ1v) is 7.60. The minimum Gasteiger partial charge on any atom is -0.399 e. The number of nitrogens with two attached hydrogens (primary N) is 1. The van der Waals surface area contributed by atoms with E-state index in [0.717, 1.165) is 10.2 Å². The van der Waals surface area contributed by atoms with Crippen LogP contribution in [0, 0.1) is 0 Å². The first kappa shape index (κ1) is 11.7. The molecule has 16 heavy (non-hydrogen) atoms. The minimum atomic E-state index is -2.84. The maximum Gasteiger partial charge on any atom is 0.152 e. The van der Waals surface area contributed by atoms with Gasteiger partial charge in [-0.2, -0.15) is 0 Å². The van der Waals surface area contributed by atoms with Crippen molar-refractivity contribution in [2.75, 3.05) is 22.6 Å². The molecule has 1 aromatic carbocycles. The highest BCUT2D eigenvalue weighted by molar-refractivity contribution is 9.10. The van der Waals surface area contributed by atoms with Crippen LogP contribution < -0.4 is 11.1 Å². The fourth-order valence-corrected chi connectivity index (χ4v) is 3.96. The van der Waals surface area contributed by atoms with E-state index in [2.05, 4.69) is 21.2 Å². The number of nitrogens with one attached hydrogen (secondary N) is 1. The van der Waals surface area contributed by atoms with Crippen molar-refractivity contribution in [1.29, 1.82) is 0 Å². The molecule has 0 bridgehead atoms. The Hall–Kier alpha value is -0.750. The van der Waals surface area contributed by atoms with E-state index in [9.17, 15) is 8.42 Å². The average Bonchev–Trinajstić information content (AvgIpc) is 2.51. The van der Waals surface area contributed by atoms with Crippen LogP contribution in [0.5, 0.6) is 0 Å². The predicted molar refractivity (Wildman–Crippen MR) is 69.2 cm³/mol. The lowest BCUT2D eigenvalue weighted by molar-refractivity contribution is 0.602. The second-order valence-electron chi connectivity index (χ2n) is 3.98. The highest BCUT2D eigenvalue weighted by Gasteiger charge is 2.27. The largest absolute Gasteiger partial charge is 0.399 e. The minimum absolute atomic E-state index is 0.00456. The molecule has 2 rings (SSSR count). The van der Waals surface area contributed by atoms with Gasteiger partial charge in [0.25, 0.3) is 0 Å². The van der Waals surface area contributed by atoms with Gasteiger partial charge in [-0.3, -0.25) is 0 Å². The number of hydrogen-bond acceptors (Lipinski definition) is 4. The van der Waals surface area contributed by atoms with Crippen LogP contribution in [0.3, 0.4) is 0 Å². The van der Waals surface area contributed by atoms with E-state index < -0.39 is 9.84 Å². The molecule has 88 valence electrons. The molecule has 1 saturated heterocycles. The Balaban J connectivity index is 2.11. The number of benzene rings is 1. The van der Waals surface area contributed by atoms with Crippen molar-refractivity contribution < 1.29 is 8.42 Å². The fraction of sp³-hybridized carbons (Fsp3) is 0.400. The van der Waals surface area contributed by atoms with Gasteiger partial charge in [-0.25, -0.2) is 8.42 Å². The Labute approximate surface area is 103 Å². The van der Waals surface area contributed by atoms with Crippen LogP contribution in [-0.2, 0) is 9.84 Å². The van der Waals surface area contributed by atoms with E-state index in [0.29, 0.717) is 12.1 Å². The third-order valence-electron chi connectivity index (χ3n) is 2.59. The third kappa shape index (κ3) is 2.68. The van der Waals surface area contributed by atoms with Crippen LogP contribution >= 0.6 is 15.9 Å². The summed E-state index contributed by atoms with van der Waals surface area (Å²) in [4.78, 5) is 0. The maximum absolute atomic E-state index is 11.3. The predicted octanol–water partition coefficient (Wildman–Crippen LogP) is 1.63. The monoisotopic (exact) mass is 304 g/mol. The van der Waals surface area contributed by atoms with Gasteiger partial charge in [0.15, 0.2) is 9.84 Å². The highest BCUT2D eigenvalue weighted by Crippen LogP contribution is 2.27. The quantitative estimate of drug-likeness (QED) is 0.815. The topological polar surface area (TPSA) is 72.2 Å². The van der Waals surface area contributed by atoms with Crippen LogP contribution in [-0.4, -0.2) is 26.0 Å². The van der Waals surface area contributed by atoms with Crippen molar-refractivity contribution in [2.24, 2.45) is 0 Å². The molecule has 0 spiro atoms. The summed E-state index contributed by atoms with van der Waals surface area (Å²) in [5.41, 5.74) is 7.19. The van der Waals surface area contributed by atoms with Gasteiger partial charge in [0.05, 0.1) is 11.5 Å². The van der Waals surface area contributed by atoms with Crippen molar-refractivity contribution in [2.45, 2.75) is 12.5 Å². The van der Waals surface area contributed by atoms with Crippen LogP contribution in [0.15, 0.2) is 22.7 Å². The lowest BCUT2D eigenvalue weighted by atomic mass is 10.2. The lowest BCUT2D eigenvalue weighted by Crippen LogP contribution is -2.20. The van der Waals surface area contributed by atoms with Gasteiger partial charge >= 0.3 is 0 Å². The summed E-state index contributed by atoms with van der Waals surface area (Å²) in [6, 6.07) is 5.44. The molecular formula is C10H13BrN2O2S. The summed E-state index contributed by atoms with van der Waals surface area (Å²) in [5.74, 6) is 0.487. The third-order valence-corrected chi connectivity index (χ3v) is 5.01.